The van der Waals surface area contributed by atoms with Crippen molar-refractivity contribution in [3.63, 3.8) is 0 Å². The minimum atomic E-state index is -4.60. The molecule has 0 radical (unpaired) electrons. The molecule has 0 saturated carbocycles. The number of amides is 2. The van der Waals surface area contributed by atoms with Gasteiger partial charge in [-0.15, -0.1) is 0 Å². The Morgan fingerprint density at radius 2 is 1.70 bits per heavy atom. The van der Waals surface area contributed by atoms with Gasteiger partial charge in [-0.2, -0.15) is 4.31 Å². The summed E-state index contributed by atoms with van der Waals surface area (Å²) in [6, 6.07) is 22.1. The number of hydrogen-bond acceptors (Lipinski definition) is 9. The monoisotopic (exact) mass is 654 g/mol. The van der Waals surface area contributed by atoms with Crippen molar-refractivity contribution < 1.29 is 37.4 Å². The maximum Gasteiger partial charge on any atom is 0.413 e. The zero-order chi connectivity index (χ0) is 33.1. The Balaban J connectivity index is 1.20. The zero-order valence-electron chi connectivity index (χ0n) is 24.9. The molecule has 3 unspecified atom stereocenters. The lowest BCUT2D eigenvalue weighted by atomic mass is 10.0. The molecule has 2 aliphatic rings. The highest BCUT2D eigenvalue weighted by molar-refractivity contribution is 8.04. The van der Waals surface area contributed by atoms with Crippen molar-refractivity contribution in [2.45, 2.75) is 31.0 Å². The first kappa shape index (κ1) is 31.6. The number of sulfonamides is 1. The number of ether oxygens (including phenoxy) is 1. The van der Waals surface area contributed by atoms with E-state index in [0.717, 1.165) is 21.6 Å². The van der Waals surface area contributed by atoms with Crippen LogP contribution in [0.25, 0.3) is 11.1 Å². The van der Waals surface area contributed by atoms with Crippen LogP contribution in [0, 0.1) is 0 Å². The minimum Gasteiger partial charge on any atom is -0.508 e. The maximum atomic E-state index is 14.0. The number of Topliss-reactive ketones (excluding diaryl/α,β-unsaturated/α-hetero) is 1. The standard InChI is InChI=1S/C34H30N4O8S/c39-26-10-4-6-22(18-26)19-28(36-34(43)46-27-13-11-24(12-14-27)23-7-2-1-3-8-23)32(41)37-17-15-29-31(37)30(40)21-38(29)47(44,45)33(42)25-9-5-16-35-20-25/h1-14,16,18,20,28-29,31,39H,15,17,19,21H2,(H,36,43). The fourth-order valence-electron chi connectivity index (χ4n) is 6.02. The predicted molar refractivity (Wildman–Crippen MR) is 170 cm³/mol. The van der Waals surface area contributed by atoms with E-state index >= 15 is 0 Å². The van der Waals surface area contributed by atoms with Gasteiger partial charge in [0.05, 0.1) is 18.2 Å². The van der Waals surface area contributed by atoms with Crippen LogP contribution in [-0.2, 0) is 26.0 Å². The van der Waals surface area contributed by atoms with Crippen molar-refractivity contribution in [3.8, 4) is 22.6 Å². The Hall–Kier alpha value is -5.40. The molecule has 240 valence electrons. The summed E-state index contributed by atoms with van der Waals surface area (Å²) in [7, 11) is -4.60. The minimum absolute atomic E-state index is 0.0151. The number of phenolic OH excluding ortho intramolecular Hbond substituents is 1. The molecule has 2 saturated heterocycles. The summed E-state index contributed by atoms with van der Waals surface area (Å²) < 4.78 is 33.0. The number of nitrogens with one attached hydrogen (secondary N) is 1. The first-order valence-electron chi connectivity index (χ1n) is 14.8. The first-order chi connectivity index (χ1) is 22.6. The molecule has 4 aromatic rings. The van der Waals surface area contributed by atoms with E-state index in [-0.39, 0.29) is 36.4 Å². The molecule has 2 N–H and O–H groups in total. The number of hydrogen-bond donors (Lipinski definition) is 2. The second kappa shape index (κ2) is 13.1. The zero-order valence-corrected chi connectivity index (χ0v) is 25.7. The van der Waals surface area contributed by atoms with Gasteiger partial charge in [0.2, 0.25) is 5.91 Å². The van der Waals surface area contributed by atoms with Crippen molar-refractivity contribution in [2.24, 2.45) is 0 Å². The molecule has 0 spiro atoms. The topological polar surface area (TPSA) is 163 Å². The van der Waals surface area contributed by atoms with Gasteiger partial charge in [-0.25, -0.2) is 13.2 Å². The van der Waals surface area contributed by atoms with Crippen LogP contribution in [-0.4, -0.2) is 81.8 Å². The SMILES string of the molecule is O=C(NC(Cc1cccc(O)c1)C(=O)N1CCC2C1C(=O)CN2S(=O)(=O)C(=O)c1cccnc1)Oc1ccc(-c2ccccc2)cc1. The van der Waals surface area contributed by atoms with Crippen molar-refractivity contribution in [3.05, 3.63) is 115 Å². The second-order valence-electron chi connectivity index (χ2n) is 11.2. The van der Waals surface area contributed by atoms with Crippen LogP contribution in [0.3, 0.4) is 0 Å². The van der Waals surface area contributed by atoms with E-state index in [9.17, 15) is 32.7 Å². The van der Waals surface area contributed by atoms with Crippen LogP contribution in [0.5, 0.6) is 11.5 Å². The molecule has 12 nitrogen and oxygen atoms in total. The summed E-state index contributed by atoms with van der Waals surface area (Å²) in [5.41, 5.74) is 2.28. The average Bonchev–Trinajstić information content (AvgIpc) is 3.66. The average molecular weight is 655 g/mol. The fraction of sp³-hybridized carbons (Fsp3) is 0.206. The van der Waals surface area contributed by atoms with Crippen LogP contribution in [0.4, 0.5) is 4.79 Å². The quantitative estimate of drug-likeness (QED) is 0.291. The Kier molecular flexibility index (Phi) is 8.83. The summed E-state index contributed by atoms with van der Waals surface area (Å²) in [4.78, 5) is 58.3. The first-order valence-corrected chi connectivity index (χ1v) is 16.3. The second-order valence-corrected chi connectivity index (χ2v) is 13.0. The van der Waals surface area contributed by atoms with Crippen molar-refractivity contribution >= 4 is 32.9 Å². The van der Waals surface area contributed by atoms with E-state index in [2.05, 4.69) is 10.3 Å². The summed E-state index contributed by atoms with van der Waals surface area (Å²) in [6.45, 7) is -0.555. The molecule has 3 atom stereocenters. The van der Waals surface area contributed by atoms with Crippen LogP contribution >= 0.6 is 0 Å². The van der Waals surface area contributed by atoms with Crippen molar-refractivity contribution in [1.82, 2.24) is 19.5 Å². The summed E-state index contributed by atoms with van der Waals surface area (Å²) in [6.07, 6.45) is 1.67. The number of likely N-dealkylation sites (tertiary alicyclic amines) is 1. The molecule has 1 aromatic heterocycles. The number of rotatable bonds is 8. The number of aromatic hydroxyl groups is 1. The lowest BCUT2D eigenvalue weighted by Crippen LogP contribution is -2.53. The largest absolute Gasteiger partial charge is 0.508 e. The number of fused-ring (bicyclic) bond motifs is 1. The Morgan fingerprint density at radius 1 is 0.957 bits per heavy atom. The molecule has 13 heteroatoms. The van der Waals surface area contributed by atoms with Gasteiger partial charge in [0.25, 0.3) is 15.1 Å². The number of carbonyl (C=O) groups is 4. The smallest absolute Gasteiger partial charge is 0.413 e. The van der Waals surface area contributed by atoms with Gasteiger partial charge in [-0.1, -0.05) is 54.6 Å². The van der Waals surface area contributed by atoms with Crippen LogP contribution < -0.4 is 10.1 Å². The third-order valence-corrected chi connectivity index (χ3v) is 9.93. The molecule has 2 amide bonds. The molecule has 2 fully saturated rings. The number of benzene rings is 3. The number of aromatic nitrogens is 1. The van der Waals surface area contributed by atoms with E-state index < -0.39 is 57.6 Å². The highest BCUT2D eigenvalue weighted by Gasteiger charge is 2.55. The van der Waals surface area contributed by atoms with Gasteiger partial charge >= 0.3 is 6.09 Å². The van der Waals surface area contributed by atoms with Crippen LogP contribution in [0.1, 0.15) is 22.3 Å². The van der Waals surface area contributed by atoms with E-state index in [1.807, 2.05) is 30.3 Å². The van der Waals surface area contributed by atoms with Gasteiger partial charge in [0.1, 0.15) is 23.6 Å². The van der Waals surface area contributed by atoms with Gasteiger partial charge in [0.15, 0.2) is 5.78 Å². The number of ketones is 1. The van der Waals surface area contributed by atoms with E-state index in [1.165, 1.54) is 35.4 Å². The number of carbonyl (C=O) groups excluding carboxylic acids is 4. The van der Waals surface area contributed by atoms with E-state index in [1.54, 1.807) is 36.4 Å². The third kappa shape index (κ3) is 6.62. The summed E-state index contributed by atoms with van der Waals surface area (Å²) >= 11 is 0. The van der Waals surface area contributed by atoms with Crippen molar-refractivity contribution in [1.29, 1.82) is 0 Å². The highest BCUT2D eigenvalue weighted by Crippen LogP contribution is 2.33. The molecule has 3 heterocycles. The number of phenols is 1. The van der Waals surface area contributed by atoms with E-state index in [4.69, 9.17) is 4.74 Å². The Morgan fingerprint density at radius 3 is 2.40 bits per heavy atom. The molecular weight excluding hydrogens is 624 g/mol. The highest BCUT2D eigenvalue weighted by atomic mass is 32.2. The molecule has 6 rings (SSSR count). The van der Waals surface area contributed by atoms with Crippen LogP contribution in [0.2, 0.25) is 0 Å². The fourth-order valence-corrected chi connectivity index (χ4v) is 7.53. The Labute approximate surface area is 270 Å². The summed E-state index contributed by atoms with van der Waals surface area (Å²) in [5.74, 6) is -0.984. The molecular formula is C34H30N4O8S. The number of pyridine rings is 1. The lowest BCUT2D eigenvalue weighted by Gasteiger charge is -2.28. The third-order valence-electron chi connectivity index (χ3n) is 8.21. The van der Waals surface area contributed by atoms with Gasteiger partial charge in [-0.3, -0.25) is 19.4 Å². The molecule has 2 aliphatic heterocycles. The van der Waals surface area contributed by atoms with Gasteiger partial charge in [0, 0.05) is 25.4 Å². The number of nitrogens with zero attached hydrogens (tertiary/aromatic N) is 3. The van der Waals surface area contributed by atoms with Gasteiger partial charge in [-0.05, 0) is 59.5 Å². The van der Waals surface area contributed by atoms with Crippen LogP contribution in [0.15, 0.2) is 103 Å². The molecule has 3 aromatic carbocycles. The summed E-state index contributed by atoms with van der Waals surface area (Å²) in [5, 5.41) is 11.4. The molecule has 0 bridgehead atoms. The van der Waals surface area contributed by atoms with E-state index in [0.29, 0.717) is 5.56 Å². The molecule has 0 aliphatic carbocycles. The molecule has 47 heavy (non-hydrogen) atoms. The van der Waals surface area contributed by atoms with Crippen molar-refractivity contribution in [2.75, 3.05) is 13.1 Å². The maximum absolute atomic E-state index is 14.0. The van der Waals surface area contributed by atoms with Gasteiger partial charge < -0.3 is 20.1 Å². The Bertz CT molecular complexity index is 1920. The predicted octanol–water partition coefficient (Wildman–Crippen LogP) is 3.18. The normalized spacial score (nSPS) is 18.4. The lowest BCUT2D eigenvalue weighted by molar-refractivity contribution is -0.138.